The van der Waals surface area contributed by atoms with Crippen molar-refractivity contribution >= 4 is 23.3 Å². The van der Waals surface area contributed by atoms with Gasteiger partial charge in [-0.25, -0.2) is 0 Å². The molecule has 3 N–H and O–H groups in total. The van der Waals surface area contributed by atoms with E-state index in [9.17, 15) is 4.79 Å². The number of hydrogen-bond acceptors (Lipinski definition) is 3. The molecule has 0 atom stereocenters. The number of rotatable bonds is 2. The number of oxime groups is 1. The lowest BCUT2D eigenvalue weighted by Gasteiger charge is -2.38. The van der Waals surface area contributed by atoms with Crippen molar-refractivity contribution in [3.8, 4) is 0 Å². The van der Waals surface area contributed by atoms with Gasteiger partial charge in [-0.2, -0.15) is 0 Å². The number of nitrogens with two attached hydrogens (primary N) is 1. The summed E-state index contributed by atoms with van der Waals surface area (Å²) in [4.78, 5) is 14.3. The quantitative estimate of drug-likeness (QED) is 0.381. The molecule has 1 aliphatic rings. The molecule has 1 amide bonds. The van der Waals surface area contributed by atoms with Crippen molar-refractivity contribution in [3.63, 3.8) is 0 Å². The van der Waals surface area contributed by atoms with Crippen LogP contribution in [0.3, 0.4) is 0 Å². The van der Waals surface area contributed by atoms with E-state index >= 15 is 0 Å². The van der Waals surface area contributed by atoms with Crippen LogP contribution in [-0.2, 0) is 0 Å². The van der Waals surface area contributed by atoms with E-state index in [4.69, 9.17) is 22.5 Å². The molecule has 0 spiro atoms. The number of hydrogen-bond donors (Lipinski definition) is 2. The van der Waals surface area contributed by atoms with Crippen molar-refractivity contribution in [2.45, 2.75) is 26.7 Å². The Balaban J connectivity index is 2.10. The molecule has 5 nitrogen and oxygen atoms in total. The van der Waals surface area contributed by atoms with Gasteiger partial charge in [-0.05, 0) is 37.5 Å². The van der Waals surface area contributed by atoms with E-state index in [-0.39, 0.29) is 17.2 Å². The van der Waals surface area contributed by atoms with Crippen molar-refractivity contribution in [1.29, 1.82) is 0 Å². The number of carbonyl (C=O) groups is 1. The van der Waals surface area contributed by atoms with Crippen LogP contribution in [0.2, 0.25) is 5.02 Å². The number of amides is 1. The van der Waals surface area contributed by atoms with Crippen molar-refractivity contribution in [3.05, 3.63) is 34.3 Å². The topological polar surface area (TPSA) is 78.9 Å². The lowest BCUT2D eigenvalue weighted by Crippen LogP contribution is -2.47. The Labute approximate surface area is 129 Å². The molecule has 1 saturated heterocycles. The van der Waals surface area contributed by atoms with Gasteiger partial charge >= 0.3 is 0 Å². The summed E-state index contributed by atoms with van der Waals surface area (Å²) < 4.78 is 0. The van der Waals surface area contributed by atoms with Gasteiger partial charge in [0.05, 0.1) is 10.6 Å². The van der Waals surface area contributed by atoms with Crippen LogP contribution in [0.4, 0.5) is 0 Å². The van der Waals surface area contributed by atoms with Gasteiger partial charge in [-0.1, -0.05) is 29.7 Å². The second-order valence-electron chi connectivity index (χ2n) is 5.82. The zero-order valence-electron chi connectivity index (χ0n) is 12.3. The van der Waals surface area contributed by atoms with E-state index in [1.165, 1.54) is 0 Å². The number of carbonyl (C=O) groups excluding carboxylic acids is 1. The zero-order valence-corrected chi connectivity index (χ0v) is 13.0. The molecule has 1 heterocycles. The third kappa shape index (κ3) is 3.13. The molecule has 1 aliphatic heterocycles. The smallest absolute Gasteiger partial charge is 0.255 e. The second kappa shape index (κ2) is 5.93. The number of aryl methyl sites for hydroxylation is 1. The van der Waals surface area contributed by atoms with Gasteiger partial charge in [0.2, 0.25) is 0 Å². The lowest BCUT2D eigenvalue weighted by molar-refractivity contribution is 0.0666. The maximum Gasteiger partial charge on any atom is 0.255 e. The summed E-state index contributed by atoms with van der Waals surface area (Å²) in [6.07, 6.45) is 1.33. The third-order valence-corrected chi connectivity index (χ3v) is 4.55. The minimum absolute atomic E-state index is 0.0680. The maximum atomic E-state index is 12.5. The minimum Gasteiger partial charge on any atom is -0.409 e. The molecule has 0 unspecified atom stereocenters. The van der Waals surface area contributed by atoms with Crippen LogP contribution in [0.5, 0.6) is 0 Å². The maximum absolute atomic E-state index is 12.5. The number of likely N-dealkylation sites (tertiary alicyclic amines) is 1. The summed E-state index contributed by atoms with van der Waals surface area (Å²) in [6, 6.07) is 5.43. The summed E-state index contributed by atoms with van der Waals surface area (Å²) in [5, 5.41) is 12.4. The number of benzene rings is 1. The van der Waals surface area contributed by atoms with E-state index in [1.54, 1.807) is 17.0 Å². The Hall–Kier alpha value is -1.75. The Morgan fingerprint density at radius 2 is 2.05 bits per heavy atom. The SMILES string of the molecule is Cc1ccc(C(=O)N2CCC(C)(/C(N)=N/O)CC2)c(Cl)c1. The Bertz CT molecular complexity index is 578. The molecular weight excluding hydrogens is 290 g/mol. The number of piperidine rings is 1. The van der Waals surface area contributed by atoms with E-state index in [2.05, 4.69) is 5.16 Å². The monoisotopic (exact) mass is 309 g/mol. The van der Waals surface area contributed by atoms with Crippen LogP contribution in [0.1, 0.15) is 35.7 Å². The van der Waals surface area contributed by atoms with Crippen molar-refractivity contribution in [1.82, 2.24) is 4.90 Å². The predicted molar refractivity (Wildman–Crippen MR) is 82.8 cm³/mol. The van der Waals surface area contributed by atoms with Gasteiger partial charge in [-0.3, -0.25) is 4.79 Å². The lowest BCUT2D eigenvalue weighted by atomic mass is 9.79. The molecule has 0 bridgehead atoms. The minimum atomic E-state index is -0.359. The van der Waals surface area contributed by atoms with Gasteiger partial charge in [0.25, 0.3) is 5.91 Å². The van der Waals surface area contributed by atoms with Crippen molar-refractivity contribution in [2.24, 2.45) is 16.3 Å². The van der Waals surface area contributed by atoms with Gasteiger partial charge < -0.3 is 15.8 Å². The molecule has 6 heteroatoms. The molecular formula is C15H20ClN3O2. The van der Waals surface area contributed by atoms with E-state index in [0.29, 0.717) is 36.5 Å². The highest BCUT2D eigenvalue weighted by atomic mass is 35.5. The van der Waals surface area contributed by atoms with Crippen LogP contribution in [-0.4, -0.2) is 34.9 Å². The molecule has 1 aromatic rings. The Morgan fingerprint density at radius 1 is 1.43 bits per heavy atom. The first-order valence-corrected chi connectivity index (χ1v) is 7.28. The summed E-state index contributed by atoms with van der Waals surface area (Å²) >= 11 is 6.15. The molecule has 1 aromatic carbocycles. The molecule has 114 valence electrons. The summed E-state index contributed by atoms with van der Waals surface area (Å²) in [5.41, 5.74) is 6.92. The van der Waals surface area contributed by atoms with Crippen LogP contribution >= 0.6 is 11.6 Å². The normalized spacial score (nSPS) is 18.6. The van der Waals surface area contributed by atoms with E-state index in [1.807, 2.05) is 19.9 Å². The molecule has 2 rings (SSSR count). The fraction of sp³-hybridized carbons (Fsp3) is 0.467. The summed E-state index contributed by atoms with van der Waals surface area (Å²) in [7, 11) is 0. The molecule has 0 aliphatic carbocycles. The first kappa shape index (κ1) is 15.6. The second-order valence-corrected chi connectivity index (χ2v) is 6.23. The van der Waals surface area contributed by atoms with Gasteiger partial charge in [0.15, 0.2) is 0 Å². The highest BCUT2D eigenvalue weighted by molar-refractivity contribution is 6.33. The number of halogens is 1. The fourth-order valence-electron chi connectivity index (χ4n) is 2.54. The molecule has 21 heavy (non-hydrogen) atoms. The van der Waals surface area contributed by atoms with Crippen LogP contribution in [0, 0.1) is 12.3 Å². The Morgan fingerprint density at radius 3 is 2.57 bits per heavy atom. The van der Waals surface area contributed by atoms with Gasteiger partial charge in [0.1, 0.15) is 5.84 Å². The molecule has 0 radical (unpaired) electrons. The first-order valence-electron chi connectivity index (χ1n) is 6.91. The van der Waals surface area contributed by atoms with E-state index < -0.39 is 0 Å². The fourth-order valence-corrected chi connectivity index (χ4v) is 2.86. The molecule has 1 fully saturated rings. The zero-order chi connectivity index (χ0) is 15.6. The average Bonchev–Trinajstić information content (AvgIpc) is 2.46. The standard InChI is InChI=1S/C15H20ClN3O2/c1-10-3-4-11(12(16)9-10)13(20)19-7-5-15(2,6-8-19)14(17)18-21/h3-4,9,21H,5-8H2,1-2H3,(H2,17,18). The van der Waals surface area contributed by atoms with E-state index in [0.717, 1.165) is 5.56 Å². The largest absolute Gasteiger partial charge is 0.409 e. The predicted octanol–water partition coefficient (Wildman–Crippen LogP) is 2.64. The van der Waals surface area contributed by atoms with Crippen LogP contribution in [0.25, 0.3) is 0 Å². The molecule has 0 saturated carbocycles. The van der Waals surface area contributed by atoms with Crippen LogP contribution < -0.4 is 5.73 Å². The van der Waals surface area contributed by atoms with Crippen molar-refractivity contribution in [2.75, 3.05) is 13.1 Å². The van der Waals surface area contributed by atoms with Crippen LogP contribution in [0.15, 0.2) is 23.4 Å². The average molecular weight is 310 g/mol. The number of nitrogens with zero attached hydrogens (tertiary/aromatic N) is 2. The summed E-state index contributed by atoms with van der Waals surface area (Å²) in [6.45, 7) is 5.01. The third-order valence-electron chi connectivity index (χ3n) is 4.24. The van der Waals surface area contributed by atoms with Crippen molar-refractivity contribution < 1.29 is 10.0 Å². The number of amidine groups is 1. The van der Waals surface area contributed by atoms with Gasteiger partial charge in [0, 0.05) is 18.5 Å². The highest BCUT2D eigenvalue weighted by Crippen LogP contribution is 2.32. The Kier molecular flexibility index (Phi) is 4.42. The summed E-state index contributed by atoms with van der Waals surface area (Å²) in [5.74, 6) is 0.157. The first-order chi connectivity index (χ1) is 9.87. The highest BCUT2D eigenvalue weighted by Gasteiger charge is 2.36. The van der Waals surface area contributed by atoms with Gasteiger partial charge in [-0.15, -0.1) is 0 Å². The molecule has 0 aromatic heterocycles.